The molecule has 1 N–H and O–H groups in total. The smallest absolute Gasteiger partial charge is 0.290 e. The highest BCUT2D eigenvalue weighted by molar-refractivity contribution is 7.12. The van der Waals surface area contributed by atoms with Crippen LogP contribution in [-0.4, -0.2) is 28.2 Å². The van der Waals surface area contributed by atoms with Gasteiger partial charge < -0.3 is 10.0 Å². The number of carbonyl (C=O) groups is 2. The van der Waals surface area contributed by atoms with E-state index >= 15 is 0 Å². The van der Waals surface area contributed by atoms with Gasteiger partial charge in [-0.2, -0.15) is 0 Å². The molecular formula is C23H27NO3S. The normalized spacial score (nSPS) is 17.5. The first-order valence-electron chi connectivity index (χ1n) is 9.68. The molecule has 1 aliphatic rings. The third-order valence-electron chi connectivity index (χ3n) is 5.14. The minimum absolute atomic E-state index is 0.0134. The van der Waals surface area contributed by atoms with Gasteiger partial charge in [0, 0.05) is 6.54 Å². The predicted octanol–water partition coefficient (Wildman–Crippen LogP) is 5.42. The van der Waals surface area contributed by atoms with Crippen molar-refractivity contribution in [2.75, 3.05) is 6.54 Å². The Kier molecular flexibility index (Phi) is 5.75. The van der Waals surface area contributed by atoms with Crippen LogP contribution in [0.3, 0.4) is 0 Å². The summed E-state index contributed by atoms with van der Waals surface area (Å²) in [6, 6.07) is 11.0. The summed E-state index contributed by atoms with van der Waals surface area (Å²) in [6.07, 6.45) is 1.74. The lowest BCUT2D eigenvalue weighted by Gasteiger charge is -2.27. The third kappa shape index (κ3) is 3.76. The topological polar surface area (TPSA) is 57.6 Å². The van der Waals surface area contributed by atoms with Crippen molar-refractivity contribution in [2.45, 2.75) is 52.0 Å². The van der Waals surface area contributed by atoms with Crippen molar-refractivity contribution in [2.24, 2.45) is 0 Å². The minimum atomic E-state index is -0.553. The first kappa shape index (κ1) is 20.3. The summed E-state index contributed by atoms with van der Waals surface area (Å²) in [5.41, 5.74) is 2.23. The van der Waals surface area contributed by atoms with E-state index in [1.54, 1.807) is 17.0 Å². The molecule has 0 spiro atoms. The molecule has 0 saturated heterocycles. The van der Waals surface area contributed by atoms with Crippen molar-refractivity contribution >= 4 is 23.0 Å². The van der Waals surface area contributed by atoms with Gasteiger partial charge in [-0.3, -0.25) is 9.59 Å². The van der Waals surface area contributed by atoms with Crippen molar-refractivity contribution in [3.8, 4) is 0 Å². The number of aliphatic hydroxyl groups excluding tert-OH is 1. The Morgan fingerprint density at radius 2 is 1.86 bits per heavy atom. The van der Waals surface area contributed by atoms with Crippen LogP contribution in [0.15, 0.2) is 53.1 Å². The van der Waals surface area contributed by atoms with Crippen molar-refractivity contribution in [1.29, 1.82) is 0 Å². The molecule has 0 bridgehead atoms. The minimum Gasteiger partial charge on any atom is -0.503 e. The summed E-state index contributed by atoms with van der Waals surface area (Å²) in [6.45, 7) is 9.00. The summed E-state index contributed by atoms with van der Waals surface area (Å²) < 4.78 is 0. The lowest BCUT2D eigenvalue weighted by molar-refractivity contribution is -0.129. The monoisotopic (exact) mass is 397 g/mol. The van der Waals surface area contributed by atoms with Crippen LogP contribution in [0.25, 0.3) is 0 Å². The second-order valence-electron chi connectivity index (χ2n) is 8.20. The average Bonchev–Trinajstić information content (AvgIpc) is 3.27. The average molecular weight is 398 g/mol. The van der Waals surface area contributed by atoms with Gasteiger partial charge in [0.1, 0.15) is 0 Å². The molecule has 0 aliphatic carbocycles. The number of thiophene rings is 1. The second-order valence-corrected chi connectivity index (χ2v) is 9.14. The molecule has 2 aromatic rings. The zero-order valence-electron chi connectivity index (χ0n) is 16.9. The quantitative estimate of drug-likeness (QED) is 0.662. The van der Waals surface area contributed by atoms with Gasteiger partial charge in [-0.05, 0) is 34.4 Å². The maximum Gasteiger partial charge on any atom is 0.290 e. The number of nitrogens with zero attached hydrogens (tertiary/aromatic N) is 1. The van der Waals surface area contributed by atoms with E-state index in [1.807, 2.05) is 29.6 Å². The van der Waals surface area contributed by atoms with E-state index in [-0.39, 0.29) is 16.8 Å². The molecule has 28 heavy (non-hydrogen) atoms. The molecule has 0 fully saturated rings. The van der Waals surface area contributed by atoms with Gasteiger partial charge >= 0.3 is 0 Å². The second kappa shape index (κ2) is 7.92. The maximum atomic E-state index is 13.1. The summed E-state index contributed by atoms with van der Waals surface area (Å²) >= 11 is 1.32. The Morgan fingerprint density at radius 1 is 1.18 bits per heavy atom. The zero-order chi connectivity index (χ0) is 20.5. The van der Waals surface area contributed by atoms with Crippen LogP contribution in [0.4, 0.5) is 0 Å². The Morgan fingerprint density at radius 3 is 2.39 bits per heavy atom. The highest BCUT2D eigenvalue weighted by Gasteiger charge is 2.43. The molecule has 1 amide bonds. The highest BCUT2D eigenvalue weighted by Crippen LogP contribution is 2.40. The number of amides is 1. The van der Waals surface area contributed by atoms with Crippen LogP contribution in [0.2, 0.25) is 0 Å². The third-order valence-corrected chi connectivity index (χ3v) is 6.01. The molecule has 2 heterocycles. The molecule has 148 valence electrons. The van der Waals surface area contributed by atoms with Crippen molar-refractivity contribution in [3.05, 3.63) is 69.1 Å². The summed E-state index contributed by atoms with van der Waals surface area (Å²) in [7, 11) is 0. The molecule has 3 rings (SSSR count). The molecule has 1 aromatic heterocycles. The van der Waals surface area contributed by atoms with Crippen molar-refractivity contribution < 1.29 is 14.7 Å². The molecule has 0 saturated carbocycles. The van der Waals surface area contributed by atoms with Crippen molar-refractivity contribution in [1.82, 2.24) is 4.90 Å². The number of benzene rings is 1. The lowest BCUT2D eigenvalue weighted by atomic mass is 9.85. The van der Waals surface area contributed by atoms with E-state index in [2.05, 4.69) is 27.7 Å². The Labute approximate surface area is 170 Å². The van der Waals surface area contributed by atoms with Gasteiger partial charge in [-0.25, -0.2) is 0 Å². The number of Topliss-reactive ketones (excluding diaryl/α,β-unsaturated/α-hetero) is 1. The first-order valence-corrected chi connectivity index (χ1v) is 10.6. The van der Waals surface area contributed by atoms with E-state index in [4.69, 9.17) is 0 Å². The van der Waals surface area contributed by atoms with Crippen molar-refractivity contribution in [3.63, 3.8) is 0 Å². The largest absolute Gasteiger partial charge is 0.503 e. The molecule has 1 aromatic carbocycles. The molecule has 4 nitrogen and oxygen atoms in total. The lowest BCUT2D eigenvalue weighted by Crippen LogP contribution is -2.32. The fraction of sp³-hybridized carbons (Fsp3) is 0.391. The molecular weight excluding hydrogens is 370 g/mol. The first-order chi connectivity index (χ1) is 13.3. The molecule has 0 radical (unpaired) electrons. The van der Waals surface area contributed by atoms with Crippen LogP contribution < -0.4 is 0 Å². The predicted molar refractivity (Wildman–Crippen MR) is 113 cm³/mol. The Hall–Kier alpha value is -2.40. The Balaban J connectivity index is 2.05. The van der Waals surface area contributed by atoms with E-state index < -0.39 is 17.7 Å². The van der Waals surface area contributed by atoms with Gasteiger partial charge in [0.05, 0.1) is 16.5 Å². The van der Waals surface area contributed by atoms with Crippen LogP contribution in [-0.2, 0) is 10.2 Å². The standard InChI is InChI=1S/C23H27NO3S/c1-5-6-13-24-19(15-9-11-16(12-10-15)23(2,3)4)18(21(26)22(24)27)20(25)17-8-7-14-28-17/h7-12,14,19,26H,5-6,13H2,1-4H3. The van der Waals surface area contributed by atoms with Crippen LogP contribution in [0.5, 0.6) is 0 Å². The molecule has 1 aliphatic heterocycles. The van der Waals surface area contributed by atoms with Gasteiger partial charge in [-0.1, -0.05) is 64.4 Å². The molecule has 5 heteroatoms. The van der Waals surface area contributed by atoms with Crippen LogP contribution >= 0.6 is 11.3 Å². The number of unbranched alkanes of at least 4 members (excludes halogenated alkanes) is 1. The fourth-order valence-corrected chi connectivity index (χ4v) is 4.18. The van der Waals surface area contributed by atoms with Gasteiger partial charge in [0.2, 0.25) is 5.78 Å². The van der Waals surface area contributed by atoms with E-state index in [9.17, 15) is 14.7 Å². The van der Waals surface area contributed by atoms with Crippen LogP contribution in [0.1, 0.15) is 67.4 Å². The zero-order valence-corrected chi connectivity index (χ0v) is 17.7. The number of rotatable bonds is 6. The maximum absolute atomic E-state index is 13.1. The number of ketones is 1. The molecule has 1 atom stereocenters. The summed E-state index contributed by atoms with van der Waals surface area (Å²) in [5, 5.41) is 12.4. The SMILES string of the molecule is CCCCN1C(=O)C(O)=C(C(=O)c2cccs2)C1c1ccc(C(C)(C)C)cc1. The Bertz CT molecular complexity index is 889. The van der Waals surface area contributed by atoms with E-state index in [0.29, 0.717) is 11.4 Å². The van der Waals surface area contributed by atoms with Gasteiger partial charge in [0.15, 0.2) is 5.76 Å². The molecule has 1 unspecified atom stereocenters. The highest BCUT2D eigenvalue weighted by atomic mass is 32.1. The summed E-state index contributed by atoms with van der Waals surface area (Å²) in [4.78, 5) is 28.0. The van der Waals surface area contributed by atoms with Gasteiger partial charge in [-0.15, -0.1) is 11.3 Å². The fourth-order valence-electron chi connectivity index (χ4n) is 3.50. The number of hydrogen-bond acceptors (Lipinski definition) is 4. The number of aliphatic hydroxyl groups is 1. The van der Waals surface area contributed by atoms with Gasteiger partial charge in [0.25, 0.3) is 5.91 Å². The summed E-state index contributed by atoms with van der Waals surface area (Å²) in [5.74, 6) is -1.15. The number of carbonyl (C=O) groups excluding carboxylic acids is 2. The van der Waals surface area contributed by atoms with E-state index in [1.165, 1.54) is 16.9 Å². The number of hydrogen-bond donors (Lipinski definition) is 1. The van der Waals surface area contributed by atoms with Crippen LogP contribution in [0, 0.1) is 0 Å². The van der Waals surface area contributed by atoms with E-state index in [0.717, 1.165) is 18.4 Å².